The second kappa shape index (κ2) is 62.0. The summed E-state index contributed by atoms with van der Waals surface area (Å²) in [7, 11) is -4.77. The van der Waals surface area contributed by atoms with Crippen LogP contribution in [-0.4, -0.2) is 97.7 Å². The fourth-order valence-electron chi connectivity index (χ4n) is 11.6. The van der Waals surface area contributed by atoms with Gasteiger partial charge in [-0.2, -0.15) is 8.42 Å². The van der Waals surface area contributed by atoms with Gasteiger partial charge in [0.1, 0.15) is 24.6 Å². The molecule has 0 saturated carbocycles. The van der Waals surface area contributed by atoms with Crippen LogP contribution in [0.3, 0.4) is 0 Å². The lowest BCUT2D eigenvalue weighted by atomic mass is 9.99. The van der Waals surface area contributed by atoms with Crippen molar-refractivity contribution in [3.8, 4) is 0 Å². The molecule has 0 radical (unpaired) electrons. The summed E-state index contributed by atoms with van der Waals surface area (Å²) in [6.45, 7) is 8.02. The molecule has 526 valence electrons. The number of unbranched alkanes of at least 4 members (excludes halogenated alkanes) is 41. The minimum Gasteiger partial charge on any atom is -0.462 e. The first-order chi connectivity index (χ1) is 43.8. The van der Waals surface area contributed by atoms with Crippen molar-refractivity contribution in [3.05, 3.63) is 36.5 Å². The average molecular weight is 1290 g/mol. The van der Waals surface area contributed by atoms with Gasteiger partial charge in [-0.25, -0.2) is 0 Å². The number of hydrogen-bond donors (Lipinski definition) is 2. The van der Waals surface area contributed by atoms with Crippen molar-refractivity contribution in [2.45, 2.75) is 398 Å². The van der Waals surface area contributed by atoms with Gasteiger partial charge in [0.25, 0.3) is 10.1 Å². The third kappa shape index (κ3) is 53.3. The predicted molar refractivity (Wildman–Crippen MR) is 368 cm³/mol. The van der Waals surface area contributed by atoms with Crippen molar-refractivity contribution >= 4 is 34.0 Å². The summed E-state index contributed by atoms with van der Waals surface area (Å²) < 4.78 is 70.7. The van der Waals surface area contributed by atoms with E-state index in [2.05, 4.69) is 64.2 Å². The molecule has 90 heavy (non-hydrogen) atoms. The number of esters is 4. The largest absolute Gasteiger partial charge is 0.462 e. The second-order valence-corrected chi connectivity index (χ2v) is 27.4. The minimum atomic E-state index is -4.77. The van der Waals surface area contributed by atoms with Gasteiger partial charge in [-0.15, -0.1) is 0 Å². The number of carbonyl (C=O) groups excluding carboxylic acids is 4. The van der Waals surface area contributed by atoms with Crippen LogP contribution in [0.25, 0.3) is 0 Å². The zero-order chi connectivity index (χ0) is 65.6. The Morgan fingerprint density at radius 2 is 0.744 bits per heavy atom. The summed E-state index contributed by atoms with van der Waals surface area (Å²) in [4.78, 5) is 54.1. The predicted octanol–water partition coefficient (Wildman–Crippen LogP) is 20.3. The lowest BCUT2D eigenvalue weighted by Crippen LogP contribution is -2.62. The number of ether oxygens (including phenoxy) is 6. The number of carbonyl (C=O) groups is 4. The molecule has 6 atom stereocenters. The molecule has 1 saturated heterocycles. The quantitative estimate of drug-likeness (QED) is 0.0192. The molecule has 15 heteroatoms. The van der Waals surface area contributed by atoms with Crippen molar-refractivity contribution < 1.29 is 65.7 Å². The summed E-state index contributed by atoms with van der Waals surface area (Å²) in [6, 6.07) is 0. The van der Waals surface area contributed by atoms with Crippen molar-refractivity contribution in [1.82, 2.24) is 0 Å². The van der Waals surface area contributed by atoms with Gasteiger partial charge in [0.05, 0.1) is 6.61 Å². The smallest absolute Gasteiger partial charge is 0.306 e. The Kier molecular flexibility index (Phi) is 58.5. The number of hydrogen-bond acceptors (Lipinski definition) is 13. The van der Waals surface area contributed by atoms with E-state index in [1.807, 2.05) is 0 Å². The van der Waals surface area contributed by atoms with Crippen molar-refractivity contribution in [2.24, 2.45) is 0 Å². The normalized spacial score (nSPS) is 17.4. The van der Waals surface area contributed by atoms with Gasteiger partial charge in [-0.1, -0.05) is 315 Å². The lowest BCUT2D eigenvalue weighted by Gasteiger charge is -2.43. The van der Waals surface area contributed by atoms with E-state index in [0.29, 0.717) is 25.7 Å². The van der Waals surface area contributed by atoms with Gasteiger partial charge >= 0.3 is 23.9 Å². The van der Waals surface area contributed by atoms with Crippen LogP contribution in [0.1, 0.15) is 362 Å². The number of allylic oxidation sites excluding steroid dienone is 6. The van der Waals surface area contributed by atoms with Gasteiger partial charge < -0.3 is 33.5 Å². The van der Waals surface area contributed by atoms with Gasteiger partial charge in [0.2, 0.25) is 0 Å². The zero-order valence-corrected chi connectivity index (χ0v) is 58.8. The topological polar surface area (TPSA) is 198 Å². The highest BCUT2D eigenvalue weighted by molar-refractivity contribution is 7.85. The van der Waals surface area contributed by atoms with Crippen LogP contribution in [0.5, 0.6) is 0 Å². The number of aliphatic hydroxyl groups is 1. The molecule has 0 unspecified atom stereocenters. The molecule has 0 aliphatic carbocycles. The Labute approximate surface area is 550 Å². The third-order valence-corrected chi connectivity index (χ3v) is 17.9. The number of aliphatic hydroxyl groups excluding tert-OH is 1. The second-order valence-electron chi connectivity index (χ2n) is 25.9. The fourth-order valence-corrected chi connectivity index (χ4v) is 12.3. The molecular formula is C75H136O14S. The standard InChI is InChI=1S/C75H136O14S/c1-5-9-13-17-21-25-29-33-34-38-39-43-47-51-55-59-68(76)84-63-66(86-69(77)60-56-52-48-44-40-35-30-26-22-18-14-10-6-2)64-85-75-74(89-71(79)62-58-54-50-46-42-37-32-28-24-20-16-12-8-4)73(72(80)67(87-75)65-90(81,82)83)88-70(78)61-57-53-49-45-41-36-31-27-23-19-15-11-7-3/h9,13,21,25,33-34,66-67,72-75,80H,5-8,10-12,14-20,22-24,26-32,35-65H2,1-4H3,(H,81,82,83)/b13-9-,25-21-,34-33-/t66-,67-,72-,73+,74-,75+/m1/s1. The van der Waals surface area contributed by atoms with E-state index in [4.69, 9.17) is 28.4 Å². The van der Waals surface area contributed by atoms with E-state index >= 15 is 0 Å². The highest BCUT2D eigenvalue weighted by Crippen LogP contribution is 2.30. The Hall–Kier alpha value is -3.11. The van der Waals surface area contributed by atoms with E-state index in [-0.39, 0.29) is 32.3 Å². The van der Waals surface area contributed by atoms with Crippen molar-refractivity contribution in [1.29, 1.82) is 0 Å². The zero-order valence-electron chi connectivity index (χ0n) is 58.0. The highest BCUT2D eigenvalue weighted by Gasteiger charge is 2.51. The Morgan fingerprint density at radius 1 is 0.411 bits per heavy atom. The van der Waals surface area contributed by atoms with E-state index < -0.39 is 83.2 Å². The van der Waals surface area contributed by atoms with Gasteiger partial charge in [0.15, 0.2) is 24.6 Å². The third-order valence-electron chi connectivity index (χ3n) is 17.2. The van der Waals surface area contributed by atoms with Crippen molar-refractivity contribution in [3.63, 3.8) is 0 Å². The van der Waals surface area contributed by atoms with Gasteiger partial charge in [-0.3, -0.25) is 23.7 Å². The van der Waals surface area contributed by atoms with Gasteiger partial charge in [0, 0.05) is 25.7 Å². The fraction of sp³-hybridized carbons (Fsp3) is 0.867. The maximum atomic E-state index is 13.8. The number of rotatable bonds is 65. The maximum absolute atomic E-state index is 13.8. The summed E-state index contributed by atoms with van der Waals surface area (Å²) in [6.07, 6.45) is 56.7. The van der Waals surface area contributed by atoms with Crippen LogP contribution < -0.4 is 0 Å². The molecule has 0 amide bonds. The van der Waals surface area contributed by atoms with E-state index in [0.717, 1.165) is 122 Å². The summed E-state index contributed by atoms with van der Waals surface area (Å²) >= 11 is 0. The molecule has 0 spiro atoms. The lowest BCUT2D eigenvalue weighted by molar-refractivity contribution is -0.302. The molecule has 14 nitrogen and oxygen atoms in total. The highest BCUT2D eigenvalue weighted by atomic mass is 32.2. The molecule has 1 aliphatic rings. The molecule has 0 aromatic heterocycles. The summed E-state index contributed by atoms with van der Waals surface area (Å²) in [5.74, 6) is -3.39. The van der Waals surface area contributed by atoms with Crippen LogP contribution in [0.4, 0.5) is 0 Å². The molecule has 0 aromatic rings. The molecule has 1 fully saturated rings. The molecule has 2 N–H and O–H groups in total. The minimum absolute atomic E-state index is 0.00628. The average Bonchev–Trinajstić information content (AvgIpc) is 0.890. The molecule has 1 heterocycles. The summed E-state index contributed by atoms with van der Waals surface area (Å²) in [5, 5.41) is 11.7. The Balaban J connectivity index is 3.15. The van der Waals surface area contributed by atoms with E-state index in [9.17, 15) is 37.3 Å². The monoisotopic (exact) mass is 1290 g/mol. The molecule has 0 aromatic carbocycles. The van der Waals surface area contributed by atoms with E-state index in [1.54, 1.807) is 0 Å². The first kappa shape index (κ1) is 84.9. The Bertz CT molecular complexity index is 1890. The summed E-state index contributed by atoms with van der Waals surface area (Å²) in [5.41, 5.74) is 0. The van der Waals surface area contributed by atoms with Gasteiger partial charge in [-0.05, 0) is 57.8 Å². The maximum Gasteiger partial charge on any atom is 0.306 e. The van der Waals surface area contributed by atoms with Crippen LogP contribution >= 0.6 is 0 Å². The SMILES string of the molecule is CC/C=C\C/C=C\C/C=C\CCCCCCCC(=O)OC[C@H](CO[C@H]1O[C@H](CS(=O)(=O)O)[C@@H](O)[C@H](OC(=O)CCCCCCCCCCCCCCC)[C@H]1OC(=O)CCCCCCCCCCCCCCC)OC(=O)CCCCCCCCCCCCCCC. The van der Waals surface area contributed by atoms with Crippen LogP contribution in [-0.2, 0) is 57.7 Å². The Morgan fingerprint density at radius 3 is 1.13 bits per heavy atom. The first-order valence-corrected chi connectivity index (χ1v) is 39.0. The first-order valence-electron chi connectivity index (χ1n) is 37.4. The molecular weight excluding hydrogens is 1160 g/mol. The van der Waals surface area contributed by atoms with Crippen LogP contribution in [0.15, 0.2) is 36.5 Å². The van der Waals surface area contributed by atoms with Crippen LogP contribution in [0.2, 0.25) is 0 Å². The van der Waals surface area contributed by atoms with E-state index in [1.165, 1.54) is 161 Å². The molecule has 0 bridgehead atoms. The molecule has 1 rings (SSSR count). The molecule has 1 aliphatic heterocycles. The van der Waals surface area contributed by atoms with Crippen molar-refractivity contribution in [2.75, 3.05) is 19.0 Å². The van der Waals surface area contributed by atoms with Crippen LogP contribution in [0, 0.1) is 0 Å².